The van der Waals surface area contributed by atoms with Crippen LogP contribution in [0.3, 0.4) is 0 Å². The monoisotopic (exact) mass is 302 g/mol. The number of aliphatic hydroxyl groups is 1. The molecule has 1 aromatic carbocycles. The molecule has 4 nitrogen and oxygen atoms in total. The number of rotatable bonds is 4. The van der Waals surface area contributed by atoms with Crippen molar-refractivity contribution < 1.29 is 9.90 Å². The molecular formula is C13H16Cl2N2O2. The molecule has 1 aliphatic heterocycles. The number of nitrogen functional groups attached to an aromatic ring is 1. The third-order valence-corrected chi connectivity index (χ3v) is 4.19. The van der Waals surface area contributed by atoms with Gasteiger partial charge in [-0.3, -0.25) is 4.79 Å². The second kappa shape index (κ2) is 5.99. The summed E-state index contributed by atoms with van der Waals surface area (Å²) < 4.78 is 0. The van der Waals surface area contributed by atoms with Gasteiger partial charge in [-0.1, -0.05) is 23.2 Å². The Bertz CT molecular complexity index is 494. The van der Waals surface area contributed by atoms with Crippen LogP contribution < -0.4 is 5.73 Å². The van der Waals surface area contributed by atoms with E-state index < -0.39 is 0 Å². The largest absolute Gasteiger partial charge is 0.398 e. The zero-order chi connectivity index (χ0) is 14.0. The molecule has 19 heavy (non-hydrogen) atoms. The molecule has 1 heterocycles. The van der Waals surface area contributed by atoms with Crippen LogP contribution >= 0.6 is 23.2 Å². The van der Waals surface area contributed by atoms with Crippen LogP contribution in [-0.2, 0) is 4.79 Å². The SMILES string of the molecule is Nc1ccc(Cl)c(Cl)c1C1CC(=O)N(CCCO)C1. The number of anilines is 1. The fraction of sp³-hybridized carbons (Fsp3) is 0.462. The highest BCUT2D eigenvalue weighted by Gasteiger charge is 2.32. The summed E-state index contributed by atoms with van der Waals surface area (Å²) in [7, 11) is 0. The Morgan fingerprint density at radius 3 is 2.84 bits per heavy atom. The summed E-state index contributed by atoms with van der Waals surface area (Å²) in [5.74, 6) is 0.0336. The minimum Gasteiger partial charge on any atom is -0.398 e. The van der Waals surface area contributed by atoms with Gasteiger partial charge in [0.1, 0.15) is 0 Å². The van der Waals surface area contributed by atoms with Gasteiger partial charge in [-0.2, -0.15) is 0 Å². The molecule has 1 amide bonds. The molecule has 1 aromatic rings. The van der Waals surface area contributed by atoms with E-state index in [9.17, 15) is 4.79 Å². The molecule has 2 rings (SSSR count). The average molecular weight is 303 g/mol. The van der Waals surface area contributed by atoms with Crippen LogP contribution in [0.25, 0.3) is 0 Å². The number of hydrogen-bond donors (Lipinski definition) is 2. The quantitative estimate of drug-likeness (QED) is 0.839. The number of carbonyl (C=O) groups is 1. The van der Waals surface area contributed by atoms with Crippen molar-refractivity contribution in [3.05, 3.63) is 27.7 Å². The maximum absolute atomic E-state index is 11.9. The van der Waals surface area contributed by atoms with Crippen molar-refractivity contribution in [3.8, 4) is 0 Å². The van der Waals surface area contributed by atoms with Gasteiger partial charge in [0.25, 0.3) is 0 Å². The molecule has 1 aliphatic rings. The van der Waals surface area contributed by atoms with E-state index in [1.54, 1.807) is 17.0 Å². The van der Waals surface area contributed by atoms with Crippen LogP contribution in [0.4, 0.5) is 5.69 Å². The highest BCUT2D eigenvalue weighted by atomic mass is 35.5. The number of aliphatic hydroxyl groups excluding tert-OH is 1. The zero-order valence-electron chi connectivity index (χ0n) is 10.4. The molecule has 0 aliphatic carbocycles. The van der Waals surface area contributed by atoms with Gasteiger partial charge >= 0.3 is 0 Å². The zero-order valence-corrected chi connectivity index (χ0v) is 11.9. The van der Waals surface area contributed by atoms with Crippen LogP contribution in [-0.4, -0.2) is 35.6 Å². The molecule has 1 atom stereocenters. The molecule has 104 valence electrons. The van der Waals surface area contributed by atoms with Crippen molar-refractivity contribution in [2.24, 2.45) is 0 Å². The molecule has 0 saturated carbocycles. The Hall–Kier alpha value is -0.970. The maximum atomic E-state index is 11.9. The Morgan fingerprint density at radius 2 is 2.16 bits per heavy atom. The molecule has 0 aromatic heterocycles. The Morgan fingerprint density at radius 1 is 1.42 bits per heavy atom. The summed E-state index contributed by atoms with van der Waals surface area (Å²) in [4.78, 5) is 13.6. The van der Waals surface area contributed by atoms with Crippen LogP contribution in [0, 0.1) is 0 Å². The van der Waals surface area contributed by atoms with E-state index >= 15 is 0 Å². The third kappa shape index (κ3) is 2.96. The summed E-state index contributed by atoms with van der Waals surface area (Å²) in [6.45, 7) is 1.21. The van der Waals surface area contributed by atoms with Crippen LogP contribution in [0.2, 0.25) is 10.0 Å². The van der Waals surface area contributed by atoms with Gasteiger partial charge < -0.3 is 15.7 Å². The van der Waals surface area contributed by atoms with E-state index in [0.717, 1.165) is 5.56 Å². The van der Waals surface area contributed by atoms with E-state index in [2.05, 4.69) is 0 Å². The Balaban J connectivity index is 2.21. The van der Waals surface area contributed by atoms with E-state index in [1.165, 1.54) is 0 Å². The minimum atomic E-state index is -0.0302. The Labute approximate surface area is 122 Å². The number of nitrogens with two attached hydrogens (primary N) is 1. The lowest BCUT2D eigenvalue weighted by Crippen LogP contribution is -2.26. The topological polar surface area (TPSA) is 66.6 Å². The van der Waals surface area contributed by atoms with Crippen molar-refractivity contribution in [1.29, 1.82) is 0 Å². The van der Waals surface area contributed by atoms with Crippen LogP contribution in [0.1, 0.15) is 24.3 Å². The van der Waals surface area contributed by atoms with E-state index in [1.807, 2.05) is 0 Å². The second-order valence-electron chi connectivity index (χ2n) is 4.68. The number of benzene rings is 1. The smallest absolute Gasteiger partial charge is 0.223 e. The molecule has 1 fully saturated rings. The van der Waals surface area contributed by atoms with Gasteiger partial charge in [0.05, 0.1) is 10.0 Å². The van der Waals surface area contributed by atoms with Gasteiger partial charge in [-0.15, -0.1) is 0 Å². The van der Waals surface area contributed by atoms with Gasteiger partial charge in [0, 0.05) is 43.3 Å². The fourth-order valence-electron chi connectivity index (χ4n) is 2.44. The molecule has 6 heteroatoms. The summed E-state index contributed by atoms with van der Waals surface area (Å²) >= 11 is 12.2. The van der Waals surface area contributed by atoms with Crippen molar-refractivity contribution in [1.82, 2.24) is 4.90 Å². The first-order valence-corrected chi connectivity index (χ1v) is 6.92. The molecule has 1 unspecified atom stereocenters. The van der Waals surface area contributed by atoms with Crippen molar-refractivity contribution in [2.45, 2.75) is 18.8 Å². The highest BCUT2D eigenvalue weighted by molar-refractivity contribution is 6.42. The fourth-order valence-corrected chi connectivity index (χ4v) is 2.93. The number of halogens is 2. The summed E-state index contributed by atoms with van der Waals surface area (Å²) in [6, 6.07) is 3.37. The van der Waals surface area contributed by atoms with E-state index in [0.29, 0.717) is 41.7 Å². The van der Waals surface area contributed by atoms with E-state index in [-0.39, 0.29) is 18.4 Å². The molecule has 1 saturated heterocycles. The lowest BCUT2D eigenvalue weighted by molar-refractivity contribution is -0.127. The molecule has 0 bridgehead atoms. The van der Waals surface area contributed by atoms with E-state index in [4.69, 9.17) is 34.0 Å². The number of hydrogen-bond acceptors (Lipinski definition) is 3. The van der Waals surface area contributed by atoms with Gasteiger partial charge in [0.15, 0.2) is 0 Å². The molecule has 3 N–H and O–H groups in total. The van der Waals surface area contributed by atoms with Crippen molar-refractivity contribution in [3.63, 3.8) is 0 Å². The van der Waals surface area contributed by atoms with Crippen molar-refractivity contribution in [2.75, 3.05) is 25.4 Å². The lowest BCUT2D eigenvalue weighted by Gasteiger charge is -2.18. The first kappa shape index (κ1) is 14.4. The predicted octanol–water partition coefficient (Wildman–Crippen LogP) is 2.27. The molecular weight excluding hydrogens is 287 g/mol. The number of nitrogens with zero attached hydrogens (tertiary/aromatic N) is 1. The van der Waals surface area contributed by atoms with Crippen LogP contribution in [0.15, 0.2) is 12.1 Å². The summed E-state index contributed by atoms with van der Waals surface area (Å²) in [6.07, 6.45) is 0.965. The minimum absolute atomic E-state index is 0.0302. The molecule has 0 spiro atoms. The Kier molecular flexibility index (Phi) is 4.55. The predicted molar refractivity (Wildman–Crippen MR) is 76.5 cm³/mol. The first-order valence-electron chi connectivity index (χ1n) is 6.16. The normalized spacial score (nSPS) is 19.2. The lowest BCUT2D eigenvalue weighted by atomic mass is 9.96. The van der Waals surface area contributed by atoms with Gasteiger partial charge in [0.2, 0.25) is 5.91 Å². The second-order valence-corrected chi connectivity index (χ2v) is 5.47. The number of amides is 1. The number of likely N-dealkylation sites (tertiary alicyclic amines) is 1. The van der Waals surface area contributed by atoms with Crippen molar-refractivity contribution >= 4 is 34.8 Å². The van der Waals surface area contributed by atoms with Gasteiger partial charge in [-0.25, -0.2) is 0 Å². The summed E-state index contributed by atoms with van der Waals surface area (Å²) in [5, 5.41) is 9.71. The number of carbonyl (C=O) groups excluding carboxylic acids is 1. The highest BCUT2D eigenvalue weighted by Crippen LogP contribution is 2.39. The average Bonchev–Trinajstić information content (AvgIpc) is 2.73. The first-order chi connectivity index (χ1) is 9.04. The van der Waals surface area contributed by atoms with Gasteiger partial charge in [-0.05, 0) is 18.6 Å². The summed E-state index contributed by atoms with van der Waals surface area (Å²) in [5.41, 5.74) is 7.27. The standard InChI is InChI=1S/C13H16Cl2N2O2/c14-9-2-3-10(16)12(13(9)15)8-6-11(19)17(7-8)4-1-5-18/h2-3,8,18H,1,4-7,16H2. The van der Waals surface area contributed by atoms with Crippen LogP contribution in [0.5, 0.6) is 0 Å². The molecule has 0 radical (unpaired) electrons. The third-order valence-electron chi connectivity index (χ3n) is 3.38. The maximum Gasteiger partial charge on any atom is 0.223 e.